The number of hydrogen-bond acceptors (Lipinski definition) is 7. The third kappa shape index (κ3) is 3.59. The topological polar surface area (TPSA) is 84.9 Å². The maximum atomic E-state index is 12.5. The van der Waals surface area contributed by atoms with Crippen LogP contribution in [0, 0.1) is 0 Å². The molecule has 0 saturated heterocycles. The number of anilines is 2. The van der Waals surface area contributed by atoms with Crippen LogP contribution in [-0.2, 0) is 13.6 Å². The van der Waals surface area contributed by atoms with Gasteiger partial charge < -0.3 is 19.3 Å². The van der Waals surface area contributed by atoms with Crippen molar-refractivity contribution in [1.82, 2.24) is 0 Å². The summed E-state index contributed by atoms with van der Waals surface area (Å²) in [6.45, 7) is 5.88. The fraction of sp³-hybridized carbons (Fsp3) is 0.714. The van der Waals surface area contributed by atoms with E-state index >= 15 is 0 Å². The van der Waals surface area contributed by atoms with E-state index in [1.165, 1.54) is 0 Å². The Morgan fingerprint density at radius 3 is 2.45 bits per heavy atom. The molecule has 7 nitrogen and oxygen atoms in total. The molecule has 0 radical (unpaired) electrons. The van der Waals surface area contributed by atoms with Gasteiger partial charge in [-0.3, -0.25) is 14.2 Å². The Labute approximate surface area is 129 Å². The van der Waals surface area contributed by atoms with E-state index in [0.717, 1.165) is 12.8 Å². The standard InChI is InChI=1S/C14H23N2O5P/c1-3-20-22(19,21-4-2)10-9-16-8-6-5-7-15-11-12(16)14(18)13(11)17/h15H,3-10H2,1-2H3. The Kier molecular flexibility index (Phi) is 5.78. The summed E-state index contributed by atoms with van der Waals surface area (Å²) in [5.41, 5.74) is -0.108. The lowest BCUT2D eigenvalue weighted by Gasteiger charge is -2.30. The molecule has 0 spiro atoms. The Morgan fingerprint density at radius 1 is 1.14 bits per heavy atom. The molecule has 1 aliphatic rings. The predicted octanol–water partition coefficient (Wildman–Crippen LogP) is 1.56. The smallest absolute Gasteiger partial charge is 0.332 e. The second-order valence-corrected chi connectivity index (χ2v) is 7.36. The minimum Gasteiger partial charge on any atom is -0.380 e. The lowest BCUT2D eigenvalue weighted by Crippen LogP contribution is -2.45. The maximum absolute atomic E-state index is 12.5. The first-order valence-electron chi connectivity index (χ1n) is 7.72. The largest absolute Gasteiger partial charge is 0.380 e. The number of fused-ring (bicyclic) bond motifs is 1. The molecule has 22 heavy (non-hydrogen) atoms. The summed E-state index contributed by atoms with van der Waals surface area (Å²) in [5.74, 6) is 0. The molecule has 0 saturated carbocycles. The molecule has 1 N–H and O–H groups in total. The minimum atomic E-state index is -3.15. The zero-order valence-electron chi connectivity index (χ0n) is 13.1. The van der Waals surface area contributed by atoms with Crippen LogP contribution in [0.15, 0.2) is 9.59 Å². The normalized spacial score (nSPS) is 16.0. The number of rotatable bonds is 7. The van der Waals surface area contributed by atoms with Crippen molar-refractivity contribution < 1.29 is 13.6 Å². The molecule has 1 aromatic carbocycles. The van der Waals surface area contributed by atoms with Crippen LogP contribution in [0.2, 0.25) is 0 Å². The molecule has 0 aliphatic carbocycles. The molecule has 1 heterocycles. The first kappa shape index (κ1) is 17.2. The summed E-state index contributed by atoms with van der Waals surface area (Å²) < 4.78 is 23.0. The molecule has 0 fully saturated rings. The maximum Gasteiger partial charge on any atom is 0.332 e. The van der Waals surface area contributed by atoms with Gasteiger partial charge in [0.15, 0.2) is 0 Å². The summed E-state index contributed by atoms with van der Waals surface area (Å²) in [5, 5.41) is 3.01. The summed E-state index contributed by atoms with van der Waals surface area (Å²) in [4.78, 5) is 25.3. The van der Waals surface area contributed by atoms with E-state index in [1.54, 1.807) is 13.8 Å². The molecule has 0 unspecified atom stereocenters. The van der Waals surface area contributed by atoms with Gasteiger partial charge in [0.2, 0.25) is 0 Å². The van der Waals surface area contributed by atoms with Gasteiger partial charge >= 0.3 is 7.60 Å². The Morgan fingerprint density at radius 2 is 1.82 bits per heavy atom. The van der Waals surface area contributed by atoms with Gasteiger partial charge in [0.1, 0.15) is 11.4 Å². The summed E-state index contributed by atoms with van der Waals surface area (Å²) in [6, 6.07) is 0. The van der Waals surface area contributed by atoms with Gasteiger partial charge in [0, 0.05) is 19.6 Å². The van der Waals surface area contributed by atoms with Gasteiger partial charge in [-0.25, -0.2) is 0 Å². The Hall–Kier alpha value is -1.17. The van der Waals surface area contributed by atoms with Crippen LogP contribution in [-0.4, -0.2) is 39.0 Å². The first-order chi connectivity index (χ1) is 10.5. The average molecular weight is 330 g/mol. The zero-order valence-corrected chi connectivity index (χ0v) is 14.0. The summed E-state index contributed by atoms with van der Waals surface area (Å²) in [6.07, 6.45) is 2.02. The van der Waals surface area contributed by atoms with Gasteiger partial charge in [-0.15, -0.1) is 0 Å². The van der Waals surface area contributed by atoms with E-state index in [9.17, 15) is 14.2 Å². The molecule has 1 aromatic rings. The number of nitrogens with zero attached hydrogens (tertiary/aromatic N) is 1. The molecule has 0 bridgehead atoms. The van der Waals surface area contributed by atoms with Gasteiger partial charge in [0.25, 0.3) is 10.9 Å². The molecule has 124 valence electrons. The van der Waals surface area contributed by atoms with Gasteiger partial charge in [-0.1, -0.05) is 0 Å². The van der Waals surface area contributed by atoms with E-state index in [2.05, 4.69) is 5.32 Å². The lowest BCUT2D eigenvalue weighted by molar-refractivity contribution is 0.220. The van der Waals surface area contributed by atoms with E-state index in [1.807, 2.05) is 4.90 Å². The second kappa shape index (κ2) is 7.40. The Bertz CT molecular complexity index is 613. The van der Waals surface area contributed by atoms with Crippen molar-refractivity contribution in [2.75, 3.05) is 49.2 Å². The molecule has 1 aliphatic heterocycles. The number of hydrogen-bond donors (Lipinski definition) is 1. The first-order valence-corrected chi connectivity index (χ1v) is 9.45. The van der Waals surface area contributed by atoms with E-state index in [-0.39, 0.29) is 6.16 Å². The van der Waals surface area contributed by atoms with Crippen molar-refractivity contribution in [3.63, 3.8) is 0 Å². The van der Waals surface area contributed by atoms with E-state index in [4.69, 9.17) is 9.05 Å². The molecule has 2 rings (SSSR count). The van der Waals surface area contributed by atoms with Crippen LogP contribution in [0.1, 0.15) is 26.7 Å². The fourth-order valence-electron chi connectivity index (χ4n) is 2.62. The van der Waals surface area contributed by atoms with Crippen molar-refractivity contribution in [3.8, 4) is 0 Å². The second-order valence-electron chi connectivity index (χ2n) is 5.17. The molecular formula is C14H23N2O5P. The van der Waals surface area contributed by atoms with E-state index in [0.29, 0.717) is 44.2 Å². The third-order valence-electron chi connectivity index (χ3n) is 3.65. The minimum absolute atomic E-state index is 0.201. The summed E-state index contributed by atoms with van der Waals surface area (Å²) in [7, 11) is -3.15. The lowest BCUT2D eigenvalue weighted by atomic mass is 10.1. The van der Waals surface area contributed by atoms with Crippen molar-refractivity contribution in [3.05, 3.63) is 20.4 Å². The highest BCUT2D eigenvalue weighted by atomic mass is 31.2. The van der Waals surface area contributed by atoms with Gasteiger partial charge in [0.05, 0.1) is 19.4 Å². The van der Waals surface area contributed by atoms with Crippen molar-refractivity contribution in [1.29, 1.82) is 0 Å². The van der Waals surface area contributed by atoms with Gasteiger partial charge in [-0.05, 0) is 26.7 Å². The van der Waals surface area contributed by atoms with Crippen LogP contribution in [0.25, 0.3) is 0 Å². The third-order valence-corrected chi connectivity index (χ3v) is 5.70. The average Bonchev–Trinajstić information content (AvgIpc) is 2.46. The number of nitrogens with one attached hydrogen (secondary N) is 1. The highest BCUT2D eigenvalue weighted by molar-refractivity contribution is 7.53. The fourth-order valence-corrected chi connectivity index (χ4v) is 4.23. The van der Waals surface area contributed by atoms with Crippen molar-refractivity contribution >= 4 is 19.0 Å². The van der Waals surface area contributed by atoms with Crippen LogP contribution >= 0.6 is 7.60 Å². The van der Waals surface area contributed by atoms with Crippen molar-refractivity contribution in [2.24, 2.45) is 0 Å². The quantitative estimate of drug-likeness (QED) is 0.600. The van der Waals surface area contributed by atoms with Crippen LogP contribution in [0.4, 0.5) is 11.4 Å². The van der Waals surface area contributed by atoms with Crippen LogP contribution in [0.3, 0.4) is 0 Å². The molecule has 0 atom stereocenters. The SMILES string of the molecule is CCOP(=O)(CCN1CCCCNc2c1c(=O)c2=O)OCC. The highest BCUT2D eigenvalue weighted by Gasteiger charge is 2.30. The zero-order chi connectivity index (χ0) is 16.2. The highest BCUT2D eigenvalue weighted by Crippen LogP contribution is 2.47. The Balaban J connectivity index is 2.12. The molecular weight excluding hydrogens is 307 g/mol. The predicted molar refractivity (Wildman–Crippen MR) is 87.0 cm³/mol. The van der Waals surface area contributed by atoms with Crippen LogP contribution < -0.4 is 21.1 Å². The van der Waals surface area contributed by atoms with Crippen molar-refractivity contribution in [2.45, 2.75) is 26.7 Å². The van der Waals surface area contributed by atoms with Crippen LogP contribution in [0.5, 0.6) is 0 Å². The molecule has 0 amide bonds. The molecule has 8 heteroatoms. The van der Waals surface area contributed by atoms with Gasteiger partial charge in [-0.2, -0.15) is 0 Å². The molecule has 0 aromatic heterocycles. The monoisotopic (exact) mass is 330 g/mol. The summed E-state index contributed by atoms with van der Waals surface area (Å²) >= 11 is 0. The van der Waals surface area contributed by atoms with E-state index < -0.39 is 18.5 Å².